The zero-order valence-corrected chi connectivity index (χ0v) is 8.45. The molecule has 7 nitrogen and oxygen atoms in total. The van der Waals surface area contributed by atoms with Gasteiger partial charge in [-0.25, -0.2) is 0 Å². The van der Waals surface area contributed by atoms with Crippen LogP contribution in [0, 0.1) is 20.2 Å². The lowest BCUT2D eigenvalue weighted by molar-refractivity contribution is -0.393. The Morgan fingerprint density at radius 3 is 2.00 bits per heavy atom. The van der Waals surface area contributed by atoms with Crippen LogP contribution in [0.1, 0.15) is 0 Å². The van der Waals surface area contributed by atoms with Crippen LogP contribution in [0.2, 0.25) is 10.0 Å². The molecule has 0 saturated heterocycles. The van der Waals surface area contributed by atoms with Gasteiger partial charge in [-0.3, -0.25) is 20.2 Å². The molecule has 0 spiro atoms. The maximum absolute atomic E-state index is 10.5. The summed E-state index contributed by atoms with van der Waals surface area (Å²) in [6.45, 7) is 0. The van der Waals surface area contributed by atoms with E-state index < -0.39 is 26.2 Å². The molecule has 2 N–H and O–H groups in total. The monoisotopic (exact) mass is 251 g/mol. The number of hydrogen-bond donors (Lipinski definition) is 1. The van der Waals surface area contributed by atoms with E-state index in [4.69, 9.17) is 28.9 Å². The molecule has 0 amide bonds. The van der Waals surface area contributed by atoms with E-state index in [0.29, 0.717) is 0 Å². The number of rotatable bonds is 2. The first-order valence-corrected chi connectivity index (χ1v) is 4.18. The Hall–Kier alpha value is -1.60. The predicted molar refractivity (Wildman–Crippen MR) is 54.2 cm³/mol. The highest BCUT2D eigenvalue weighted by Gasteiger charge is 2.30. The minimum atomic E-state index is -0.906. The van der Waals surface area contributed by atoms with Gasteiger partial charge in [0, 0.05) is 0 Å². The third-order valence-electron chi connectivity index (χ3n) is 1.56. The average Bonchev–Trinajstić information content (AvgIpc) is 1.99. The van der Waals surface area contributed by atoms with Crippen LogP contribution in [-0.4, -0.2) is 9.85 Å². The second-order valence-corrected chi connectivity index (χ2v) is 3.26. The Labute approximate surface area is 92.7 Å². The normalized spacial score (nSPS) is 10.0. The van der Waals surface area contributed by atoms with Gasteiger partial charge in [-0.2, -0.15) is 0 Å². The Balaban J connectivity index is 3.64. The standard InChI is InChI=1S/C6H3Cl2N3O4/c7-2-1-3(9)6(11(14)15)4(8)5(2)10(12)13/h1H,9H2. The molecule has 9 heteroatoms. The van der Waals surface area contributed by atoms with E-state index >= 15 is 0 Å². The van der Waals surface area contributed by atoms with Crippen LogP contribution in [0.3, 0.4) is 0 Å². The van der Waals surface area contributed by atoms with Gasteiger partial charge in [-0.1, -0.05) is 23.2 Å². The second kappa shape index (κ2) is 3.87. The van der Waals surface area contributed by atoms with E-state index in [-0.39, 0.29) is 10.7 Å². The van der Waals surface area contributed by atoms with Crippen molar-refractivity contribution in [2.45, 2.75) is 0 Å². The molecule has 0 saturated carbocycles. The summed E-state index contributed by atoms with van der Waals surface area (Å²) in [5.41, 5.74) is 3.50. The fourth-order valence-corrected chi connectivity index (χ4v) is 1.65. The van der Waals surface area contributed by atoms with Gasteiger partial charge in [0.25, 0.3) is 0 Å². The molecule has 1 rings (SSSR count). The van der Waals surface area contributed by atoms with E-state index in [1.165, 1.54) is 0 Å². The fourth-order valence-electron chi connectivity index (χ4n) is 0.970. The van der Waals surface area contributed by atoms with Crippen LogP contribution >= 0.6 is 23.2 Å². The highest BCUT2D eigenvalue weighted by molar-refractivity contribution is 6.40. The van der Waals surface area contributed by atoms with Gasteiger partial charge in [0.15, 0.2) is 5.02 Å². The lowest BCUT2D eigenvalue weighted by Gasteiger charge is -2.02. The van der Waals surface area contributed by atoms with Crippen molar-refractivity contribution in [2.75, 3.05) is 5.73 Å². The lowest BCUT2D eigenvalue weighted by Crippen LogP contribution is -2.00. The van der Waals surface area contributed by atoms with Crippen molar-refractivity contribution in [1.82, 2.24) is 0 Å². The molecule has 80 valence electrons. The SMILES string of the molecule is Nc1cc(Cl)c([N+](=O)[O-])c(Cl)c1[N+](=O)[O-]. The van der Waals surface area contributed by atoms with E-state index in [0.717, 1.165) is 6.07 Å². The molecule has 15 heavy (non-hydrogen) atoms. The van der Waals surface area contributed by atoms with Crippen LogP contribution in [-0.2, 0) is 0 Å². The number of nitrogens with two attached hydrogens (primary N) is 1. The molecule has 0 aliphatic heterocycles. The molecule has 0 aliphatic carbocycles. The van der Waals surface area contributed by atoms with Crippen molar-refractivity contribution in [1.29, 1.82) is 0 Å². The van der Waals surface area contributed by atoms with Crippen molar-refractivity contribution in [3.63, 3.8) is 0 Å². The second-order valence-electron chi connectivity index (χ2n) is 2.47. The third-order valence-corrected chi connectivity index (χ3v) is 2.21. The molecule has 1 aromatic carbocycles. The molecule has 0 fully saturated rings. The molecule has 0 aliphatic rings. The van der Waals surface area contributed by atoms with Gasteiger partial charge in [0.05, 0.1) is 9.85 Å². The Kier molecular flexibility index (Phi) is 2.96. The van der Waals surface area contributed by atoms with Crippen LogP contribution < -0.4 is 5.73 Å². The van der Waals surface area contributed by atoms with Gasteiger partial charge >= 0.3 is 11.4 Å². The largest absolute Gasteiger partial charge is 0.393 e. The number of anilines is 1. The Bertz CT molecular complexity index is 424. The molecule has 0 atom stereocenters. The first-order valence-electron chi connectivity index (χ1n) is 3.42. The summed E-state index contributed by atoms with van der Waals surface area (Å²) in [6, 6.07) is 0.920. The van der Waals surface area contributed by atoms with Gasteiger partial charge in [-0.15, -0.1) is 0 Å². The summed E-state index contributed by atoms with van der Waals surface area (Å²) in [6.07, 6.45) is 0. The number of nitrogens with zero attached hydrogens (tertiary/aromatic N) is 2. The maximum Gasteiger partial charge on any atom is 0.317 e. The molecule has 0 radical (unpaired) electrons. The minimum Gasteiger partial charge on any atom is -0.393 e. The van der Waals surface area contributed by atoms with Crippen LogP contribution in [0.4, 0.5) is 17.1 Å². The molecular weight excluding hydrogens is 249 g/mol. The molecule has 0 aromatic heterocycles. The number of hydrogen-bond acceptors (Lipinski definition) is 5. The number of nitrogen functional groups attached to an aromatic ring is 1. The molecule has 1 aromatic rings. The van der Waals surface area contributed by atoms with Gasteiger partial charge in [-0.05, 0) is 6.07 Å². The maximum atomic E-state index is 10.5. The number of nitro benzene ring substituents is 2. The van der Waals surface area contributed by atoms with Gasteiger partial charge in [0.2, 0.25) is 0 Å². The lowest BCUT2D eigenvalue weighted by atomic mass is 10.2. The van der Waals surface area contributed by atoms with Crippen LogP contribution in [0.5, 0.6) is 0 Å². The number of benzene rings is 1. The van der Waals surface area contributed by atoms with E-state index in [1.807, 2.05) is 0 Å². The molecular formula is C6H3Cl2N3O4. The number of nitro groups is 2. The summed E-state index contributed by atoms with van der Waals surface area (Å²) in [5, 5.41) is 20.0. The minimum absolute atomic E-state index is 0.319. The molecule has 0 heterocycles. The fraction of sp³-hybridized carbons (Fsp3) is 0. The summed E-state index contributed by atoms with van der Waals surface area (Å²) < 4.78 is 0. The topological polar surface area (TPSA) is 112 Å². The smallest absolute Gasteiger partial charge is 0.317 e. The molecule has 0 unspecified atom stereocenters. The van der Waals surface area contributed by atoms with Crippen LogP contribution in [0.25, 0.3) is 0 Å². The average molecular weight is 252 g/mol. The summed E-state index contributed by atoms with van der Waals surface area (Å²) in [4.78, 5) is 19.2. The summed E-state index contributed by atoms with van der Waals surface area (Å²) >= 11 is 10.9. The third kappa shape index (κ3) is 1.92. The van der Waals surface area contributed by atoms with Crippen LogP contribution in [0.15, 0.2) is 6.07 Å². The number of halogens is 2. The Morgan fingerprint density at radius 2 is 1.60 bits per heavy atom. The van der Waals surface area contributed by atoms with E-state index in [9.17, 15) is 20.2 Å². The van der Waals surface area contributed by atoms with Crippen molar-refractivity contribution in [2.24, 2.45) is 0 Å². The van der Waals surface area contributed by atoms with Crippen molar-refractivity contribution in [3.8, 4) is 0 Å². The van der Waals surface area contributed by atoms with E-state index in [1.54, 1.807) is 0 Å². The molecule has 0 bridgehead atoms. The predicted octanol–water partition coefficient (Wildman–Crippen LogP) is 2.39. The van der Waals surface area contributed by atoms with Gasteiger partial charge < -0.3 is 5.73 Å². The highest BCUT2D eigenvalue weighted by Crippen LogP contribution is 2.42. The van der Waals surface area contributed by atoms with Gasteiger partial charge in [0.1, 0.15) is 10.7 Å². The zero-order chi connectivity index (χ0) is 11.7. The quantitative estimate of drug-likeness (QED) is 0.493. The highest BCUT2D eigenvalue weighted by atomic mass is 35.5. The van der Waals surface area contributed by atoms with E-state index in [2.05, 4.69) is 0 Å². The van der Waals surface area contributed by atoms with Crippen molar-refractivity contribution >= 4 is 40.3 Å². The first-order chi connectivity index (χ1) is 6.86. The summed E-state index contributed by atoms with van der Waals surface area (Å²) in [5.74, 6) is 0. The van der Waals surface area contributed by atoms with Crippen molar-refractivity contribution in [3.05, 3.63) is 36.3 Å². The first kappa shape index (κ1) is 11.5. The zero-order valence-electron chi connectivity index (χ0n) is 6.94. The Morgan fingerprint density at radius 1 is 1.13 bits per heavy atom. The van der Waals surface area contributed by atoms with Crippen molar-refractivity contribution < 1.29 is 9.85 Å². The summed E-state index contributed by atoms with van der Waals surface area (Å²) in [7, 11) is 0.